The van der Waals surface area contributed by atoms with E-state index in [-0.39, 0.29) is 5.92 Å². The highest BCUT2D eigenvalue weighted by Gasteiger charge is 2.13. The average molecular weight is 251 g/mol. The van der Waals surface area contributed by atoms with Gasteiger partial charge in [-0.1, -0.05) is 13.0 Å². The summed E-state index contributed by atoms with van der Waals surface area (Å²) in [6.45, 7) is 2.53. The molecule has 0 bridgehead atoms. The first-order valence-corrected chi connectivity index (χ1v) is 5.96. The van der Waals surface area contributed by atoms with Gasteiger partial charge in [-0.05, 0) is 43.8 Å². The lowest BCUT2D eigenvalue weighted by Crippen LogP contribution is -2.14. The van der Waals surface area contributed by atoms with E-state index in [9.17, 15) is 4.79 Å². The molecule has 1 aromatic rings. The number of hydrogen-bond acceptors (Lipinski definition) is 3. The van der Waals surface area contributed by atoms with E-state index in [0.717, 1.165) is 23.4 Å². The fourth-order valence-electron chi connectivity index (χ4n) is 1.86. The van der Waals surface area contributed by atoms with Crippen LogP contribution in [0.15, 0.2) is 18.2 Å². The number of methoxy groups -OCH3 is 1. The van der Waals surface area contributed by atoms with E-state index in [1.54, 1.807) is 14.0 Å². The van der Waals surface area contributed by atoms with Gasteiger partial charge in [-0.15, -0.1) is 0 Å². The summed E-state index contributed by atoms with van der Waals surface area (Å²) in [5, 5.41) is 8.95. The lowest BCUT2D eigenvalue weighted by molar-refractivity contribution is -0.141. The first kappa shape index (κ1) is 14.5. The van der Waals surface area contributed by atoms with Crippen LogP contribution in [-0.4, -0.2) is 37.2 Å². The van der Waals surface area contributed by atoms with E-state index in [0.29, 0.717) is 6.42 Å². The monoisotopic (exact) mass is 251 g/mol. The molecule has 0 heterocycles. The second-order valence-electron chi connectivity index (χ2n) is 4.87. The first-order valence-electron chi connectivity index (χ1n) is 5.96. The molecule has 1 rings (SSSR count). The van der Waals surface area contributed by atoms with Crippen LogP contribution >= 0.6 is 0 Å². The molecule has 0 fully saturated rings. The maximum Gasteiger partial charge on any atom is 0.306 e. The van der Waals surface area contributed by atoms with Crippen LogP contribution in [0.25, 0.3) is 0 Å². The van der Waals surface area contributed by atoms with Crippen molar-refractivity contribution in [1.82, 2.24) is 4.90 Å². The maximum absolute atomic E-state index is 10.9. The third-order valence-electron chi connectivity index (χ3n) is 2.72. The average Bonchev–Trinajstić information content (AvgIpc) is 2.27. The minimum atomic E-state index is -0.771. The Hall–Kier alpha value is -1.55. The van der Waals surface area contributed by atoms with Crippen molar-refractivity contribution < 1.29 is 14.6 Å². The molecule has 0 saturated carbocycles. The van der Waals surface area contributed by atoms with E-state index in [1.165, 1.54) is 0 Å². The highest BCUT2D eigenvalue weighted by atomic mass is 16.5. The fourth-order valence-corrected chi connectivity index (χ4v) is 1.86. The molecule has 1 unspecified atom stereocenters. The predicted octanol–water partition coefficient (Wildman–Crippen LogP) is 2.02. The molecule has 0 aliphatic heterocycles. The molecule has 1 N–H and O–H groups in total. The summed E-state index contributed by atoms with van der Waals surface area (Å²) in [6.07, 6.45) is 0.521. The van der Waals surface area contributed by atoms with Crippen LogP contribution in [0.4, 0.5) is 0 Å². The Morgan fingerprint density at radius 1 is 1.33 bits per heavy atom. The third-order valence-corrected chi connectivity index (χ3v) is 2.72. The number of benzene rings is 1. The summed E-state index contributed by atoms with van der Waals surface area (Å²) in [5.41, 5.74) is 2.13. The van der Waals surface area contributed by atoms with Gasteiger partial charge >= 0.3 is 5.97 Å². The molecule has 0 saturated heterocycles. The first-order chi connectivity index (χ1) is 8.42. The normalized spacial score (nSPS) is 12.5. The Morgan fingerprint density at radius 3 is 2.44 bits per heavy atom. The molecule has 0 amide bonds. The minimum absolute atomic E-state index is 0.385. The summed E-state index contributed by atoms with van der Waals surface area (Å²) < 4.78 is 5.25. The van der Waals surface area contributed by atoms with Crippen LogP contribution in [-0.2, 0) is 17.8 Å². The number of carboxylic acids is 1. The highest BCUT2D eigenvalue weighted by Crippen LogP contribution is 2.20. The van der Waals surface area contributed by atoms with E-state index in [1.807, 2.05) is 32.3 Å². The van der Waals surface area contributed by atoms with E-state index in [4.69, 9.17) is 9.84 Å². The van der Waals surface area contributed by atoms with Gasteiger partial charge in [0.1, 0.15) is 5.75 Å². The van der Waals surface area contributed by atoms with Gasteiger partial charge in [0, 0.05) is 6.54 Å². The van der Waals surface area contributed by atoms with Gasteiger partial charge in [-0.2, -0.15) is 0 Å². The van der Waals surface area contributed by atoms with Crippen LogP contribution in [0.3, 0.4) is 0 Å². The maximum atomic E-state index is 10.9. The van der Waals surface area contributed by atoms with E-state index >= 15 is 0 Å². The fraction of sp³-hybridized carbons (Fsp3) is 0.500. The van der Waals surface area contributed by atoms with Crippen molar-refractivity contribution in [2.75, 3.05) is 21.2 Å². The smallest absolute Gasteiger partial charge is 0.306 e. The zero-order chi connectivity index (χ0) is 13.7. The van der Waals surface area contributed by atoms with Crippen LogP contribution in [0.5, 0.6) is 5.75 Å². The molecule has 0 radical (unpaired) electrons. The molecule has 4 heteroatoms. The van der Waals surface area contributed by atoms with Crippen LogP contribution in [0, 0.1) is 5.92 Å². The summed E-state index contributed by atoms with van der Waals surface area (Å²) in [4.78, 5) is 12.9. The zero-order valence-electron chi connectivity index (χ0n) is 11.4. The molecule has 1 aromatic carbocycles. The Balaban J connectivity index is 2.93. The Morgan fingerprint density at radius 2 is 1.94 bits per heavy atom. The van der Waals surface area contributed by atoms with Crippen molar-refractivity contribution in [3.05, 3.63) is 29.3 Å². The highest BCUT2D eigenvalue weighted by molar-refractivity contribution is 5.69. The van der Waals surface area contributed by atoms with Crippen molar-refractivity contribution >= 4 is 5.97 Å². The molecule has 0 spiro atoms. The second-order valence-corrected chi connectivity index (χ2v) is 4.87. The van der Waals surface area contributed by atoms with Gasteiger partial charge in [-0.3, -0.25) is 4.79 Å². The van der Waals surface area contributed by atoms with Gasteiger partial charge in [-0.25, -0.2) is 0 Å². The standard InChI is InChI=1S/C14H21NO3/c1-10(14(16)17)5-11-6-12(9-15(2)3)8-13(7-11)18-4/h6-8,10H,5,9H2,1-4H3,(H,16,17). The number of ether oxygens (including phenoxy) is 1. The number of carbonyl (C=O) groups is 1. The third kappa shape index (κ3) is 4.37. The van der Waals surface area contributed by atoms with Gasteiger partial charge < -0.3 is 14.7 Å². The van der Waals surface area contributed by atoms with Gasteiger partial charge in [0.25, 0.3) is 0 Å². The number of hydrogen-bond donors (Lipinski definition) is 1. The summed E-state index contributed by atoms with van der Waals surface area (Å²) >= 11 is 0. The van der Waals surface area contributed by atoms with Gasteiger partial charge in [0.15, 0.2) is 0 Å². The van der Waals surface area contributed by atoms with Crippen molar-refractivity contribution in [1.29, 1.82) is 0 Å². The van der Waals surface area contributed by atoms with Crippen LogP contribution in [0.2, 0.25) is 0 Å². The van der Waals surface area contributed by atoms with Crippen LogP contribution < -0.4 is 4.74 Å². The minimum Gasteiger partial charge on any atom is -0.497 e. The van der Waals surface area contributed by atoms with Crippen LogP contribution in [0.1, 0.15) is 18.1 Å². The molecular weight excluding hydrogens is 230 g/mol. The van der Waals surface area contributed by atoms with Gasteiger partial charge in [0.05, 0.1) is 13.0 Å². The number of nitrogens with zero attached hydrogens (tertiary/aromatic N) is 1. The SMILES string of the molecule is COc1cc(CC(C)C(=O)O)cc(CN(C)C)c1. The summed E-state index contributed by atoms with van der Waals surface area (Å²) in [6, 6.07) is 5.93. The second kappa shape index (κ2) is 6.40. The number of carboxylic acid groups (broad SMARTS) is 1. The largest absolute Gasteiger partial charge is 0.497 e. The van der Waals surface area contributed by atoms with Crippen molar-refractivity contribution in [2.24, 2.45) is 5.92 Å². The summed E-state index contributed by atoms with van der Waals surface area (Å²) in [5.74, 6) is -0.377. The zero-order valence-corrected chi connectivity index (χ0v) is 11.4. The van der Waals surface area contributed by atoms with E-state index < -0.39 is 5.97 Å². The molecule has 18 heavy (non-hydrogen) atoms. The number of aliphatic carboxylic acids is 1. The lowest BCUT2D eigenvalue weighted by atomic mass is 9.99. The molecule has 4 nitrogen and oxygen atoms in total. The quantitative estimate of drug-likeness (QED) is 0.840. The Bertz CT molecular complexity index is 416. The molecule has 0 aliphatic carbocycles. The Labute approximate surface area is 108 Å². The molecular formula is C14H21NO3. The Kier molecular flexibility index (Phi) is 5.16. The predicted molar refractivity (Wildman–Crippen MR) is 70.9 cm³/mol. The van der Waals surface area contributed by atoms with Crippen molar-refractivity contribution in [3.63, 3.8) is 0 Å². The van der Waals surface area contributed by atoms with E-state index in [2.05, 4.69) is 4.90 Å². The summed E-state index contributed by atoms with van der Waals surface area (Å²) in [7, 11) is 5.62. The van der Waals surface area contributed by atoms with Crippen molar-refractivity contribution in [2.45, 2.75) is 19.9 Å². The van der Waals surface area contributed by atoms with Gasteiger partial charge in [0.2, 0.25) is 0 Å². The lowest BCUT2D eigenvalue weighted by Gasteiger charge is -2.14. The molecule has 0 aliphatic rings. The van der Waals surface area contributed by atoms with Crippen molar-refractivity contribution in [3.8, 4) is 5.75 Å². The topological polar surface area (TPSA) is 49.8 Å². The molecule has 1 atom stereocenters. The number of rotatable bonds is 6. The molecule has 100 valence electrons. The molecule has 0 aromatic heterocycles.